The summed E-state index contributed by atoms with van der Waals surface area (Å²) < 4.78 is 7.77. The number of hydrogen-bond acceptors (Lipinski definition) is 5. The zero-order chi connectivity index (χ0) is 23.0. The summed E-state index contributed by atoms with van der Waals surface area (Å²) in [4.78, 5) is 23.7. The lowest BCUT2D eigenvalue weighted by molar-refractivity contribution is -0.124. The molecule has 0 unspecified atom stereocenters. The first-order valence-corrected chi connectivity index (χ1v) is 11.6. The number of phenolic OH excluding ortho intramolecular Hbond substituents is 1. The van der Waals surface area contributed by atoms with Gasteiger partial charge in [0.25, 0.3) is 5.91 Å². The summed E-state index contributed by atoms with van der Waals surface area (Å²) in [6, 6.07) is 10.4. The van der Waals surface area contributed by atoms with Crippen LogP contribution in [0.3, 0.4) is 0 Å². The zero-order valence-electron chi connectivity index (χ0n) is 16.4. The van der Waals surface area contributed by atoms with E-state index in [0.29, 0.717) is 33.0 Å². The molecular weight excluding hydrogens is 600 g/mol. The number of anilines is 1. The van der Waals surface area contributed by atoms with Gasteiger partial charge < -0.3 is 9.84 Å². The van der Waals surface area contributed by atoms with Crippen molar-refractivity contribution < 1.29 is 24.6 Å². The number of hydrogen-bond donors (Lipinski definition) is 4. The largest absolute Gasteiger partial charge is 0.506 e. The van der Waals surface area contributed by atoms with Crippen molar-refractivity contribution in [3.05, 3.63) is 67.5 Å². The molecule has 4 N–H and O–H groups in total. The number of carbonyl (C=O) groups is 2. The van der Waals surface area contributed by atoms with E-state index in [0.717, 1.165) is 4.47 Å². The second kappa shape index (κ2) is 12.2. The number of carbonyl (C=O) groups excluding carboxylic acids is 2. The molecule has 0 aliphatic rings. The maximum absolute atomic E-state index is 12.6. The Balaban J connectivity index is 2.21. The number of aromatic hydroxyl groups is 1. The summed E-state index contributed by atoms with van der Waals surface area (Å²) in [5.74, 6) is -0.848. The molecule has 0 aromatic heterocycles. The van der Waals surface area contributed by atoms with Crippen LogP contribution in [0.25, 0.3) is 0 Å². The Hall–Kier alpha value is -1.88. The minimum atomic E-state index is -0.760. The van der Waals surface area contributed by atoms with Crippen molar-refractivity contribution in [3.8, 4) is 5.75 Å². The fourth-order valence-electron chi connectivity index (χ4n) is 2.82. The van der Waals surface area contributed by atoms with E-state index in [1.807, 2.05) is 6.92 Å². The van der Waals surface area contributed by atoms with Crippen LogP contribution in [0.2, 0.25) is 0 Å². The van der Waals surface area contributed by atoms with Gasteiger partial charge in [-0.3, -0.25) is 15.3 Å². The molecule has 2 atom stereocenters. The van der Waals surface area contributed by atoms with Gasteiger partial charge in [-0.2, -0.15) is 0 Å². The fourth-order valence-corrected chi connectivity index (χ4v) is 4.35. The Labute approximate surface area is 205 Å². The predicted octanol–water partition coefficient (Wildman–Crippen LogP) is 6.45. The van der Waals surface area contributed by atoms with Gasteiger partial charge in [0, 0.05) is 26.3 Å². The van der Waals surface area contributed by atoms with Gasteiger partial charge in [0.1, 0.15) is 11.9 Å². The van der Waals surface area contributed by atoms with Crippen molar-refractivity contribution in [3.63, 3.8) is 0 Å². The Kier molecular flexibility index (Phi) is 10.0. The van der Waals surface area contributed by atoms with E-state index in [1.54, 1.807) is 42.5 Å². The third kappa shape index (κ3) is 7.95. The molecule has 2 rings (SSSR count). The van der Waals surface area contributed by atoms with E-state index >= 15 is 0 Å². The van der Waals surface area contributed by atoms with Crippen LogP contribution >= 0.6 is 47.8 Å². The average molecular weight is 621 g/mol. The van der Waals surface area contributed by atoms with Crippen molar-refractivity contribution in [1.29, 1.82) is 0 Å². The van der Waals surface area contributed by atoms with Crippen LogP contribution in [0, 0.1) is 5.92 Å². The zero-order valence-corrected chi connectivity index (χ0v) is 21.2. The van der Waals surface area contributed by atoms with Crippen LogP contribution < -0.4 is 10.8 Å². The molecule has 0 saturated carbocycles. The minimum Gasteiger partial charge on any atom is -0.506 e. The molecule has 2 aromatic carbocycles. The third-order valence-corrected chi connectivity index (χ3v) is 5.96. The molecule has 10 heteroatoms. The van der Waals surface area contributed by atoms with Gasteiger partial charge >= 0.3 is 6.09 Å². The van der Waals surface area contributed by atoms with E-state index in [9.17, 15) is 14.7 Å². The number of rotatable bonds is 8. The molecular formula is C21H21Br3N2O5. The number of phenols is 1. The number of nitrogens with one attached hydrogen (secondary N) is 2. The normalized spacial score (nSPS) is 12.9. The van der Waals surface area contributed by atoms with E-state index in [1.165, 1.54) is 11.6 Å². The highest BCUT2D eigenvalue weighted by Crippen LogP contribution is 2.40. The number of halogens is 3. The number of ether oxygens (including phenoxy) is 1. The van der Waals surface area contributed by atoms with Gasteiger partial charge in [-0.15, -0.1) is 0 Å². The molecule has 0 saturated heterocycles. The Morgan fingerprint density at radius 2 is 1.81 bits per heavy atom. The van der Waals surface area contributed by atoms with Crippen LogP contribution in [-0.2, 0) is 9.53 Å². The van der Waals surface area contributed by atoms with Crippen molar-refractivity contribution in [2.24, 2.45) is 5.92 Å². The van der Waals surface area contributed by atoms with Gasteiger partial charge in [0.15, 0.2) is 0 Å². The number of amides is 2. The highest BCUT2D eigenvalue weighted by atomic mass is 79.9. The number of benzene rings is 2. The number of hydroxylamine groups is 1. The maximum Gasteiger partial charge on any atom is 0.412 e. The molecule has 166 valence electrons. The predicted molar refractivity (Wildman–Crippen MR) is 128 cm³/mol. The Bertz CT molecular complexity index is 951. The molecule has 31 heavy (non-hydrogen) atoms. The average Bonchev–Trinajstić information content (AvgIpc) is 2.73. The fraction of sp³-hybridized carbons (Fsp3) is 0.238. The minimum absolute atomic E-state index is 0.0216. The maximum atomic E-state index is 12.6. The standard InChI is InChI=1S/C21H21Br3N2O5/c1-12(4-2-3-5-18(27)26-30)20(16-10-14(23)11-17(24)19(16)28)31-21(29)25-15-8-6-13(22)7-9-15/h3,5-12,20,28,30H,2,4H2,1H3,(H,25,29)(H,26,27)/b5-3+/t12-,20-/m0/s1. The van der Waals surface area contributed by atoms with Gasteiger partial charge in [-0.05, 0) is 71.1 Å². The number of allylic oxidation sites excluding steroid dienone is 1. The van der Waals surface area contributed by atoms with Crippen LogP contribution in [0.1, 0.15) is 31.4 Å². The first-order valence-electron chi connectivity index (χ1n) is 9.23. The summed E-state index contributed by atoms with van der Waals surface area (Å²) in [6.07, 6.45) is 2.45. The lowest BCUT2D eigenvalue weighted by Gasteiger charge is -2.26. The quantitative estimate of drug-likeness (QED) is 0.154. The first-order chi connectivity index (χ1) is 14.7. The lowest BCUT2D eigenvalue weighted by Crippen LogP contribution is -2.22. The van der Waals surface area contributed by atoms with Gasteiger partial charge in [0.2, 0.25) is 0 Å². The molecule has 0 bridgehead atoms. The van der Waals surface area contributed by atoms with E-state index in [4.69, 9.17) is 9.94 Å². The summed E-state index contributed by atoms with van der Waals surface area (Å²) in [6.45, 7) is 1.88. The van der Waals surface area contributed by atoms with Gasteiger partial charge in [0.05, 0.1) is 4.47 Å². The van der Waals surface area contributed by atoms with Crippen LogP contribution in [0.5, 0.6) is 5.75 Å². The highest BCUT2D eigenvalue weighted by molar-refractivity contribution is 9.11. The Morgan fingerprint density at radius 1 is 1.13 bits per heavy atom. The third-order valence-electron chi connectivity index (χ3n) is 4.37. The summed E-state index contributed by atoms with van der Waals surface area (Å²) in [7, 11) is 0. The van der Waals surface area contributed by atoms with Crippen molar-refractivity contribution in [2.45, 2.75) is 25.9 Å². The second-order valence-electron chi connectivity index (χ2n) is 6.72. The summed E-state index contributed by atoms with van der Waals surface area (Å²) >= 11 is 10.0. The van der Waals surface area contributed by atoms with Crippen LogP contribution in [0.4, 0.5) is 10.5 Å². The molecule has 0 aliphatic carbocycles. The van der Waals surface area contributed by atoms with Gasteiger partial charge in [-0.25, -0.2) is 10.3 Å². The van der Waals surface area contributed by atoms with Crippen molar-refractivity contribution >= 4 is 65.5 Å². The molecule has 0 spiro atoms. The Morgan fingerprint density at radius 3 is 2.45 bits per heavy atom. The summed E-state index contributed by atoms with van der Waals surface area (Å²) in [5.41, 5.74) is 2.53. The van der Waals surface area contributed by atoms with Crippen molar-refractivity contribution in [1.82, 2.24) is 5.48 Å². The molecule has 7 nitrogen and oxygen atoms in total. The topological polar surface area (TPSA) is 108 Å². The van der Waals surface area contributed by atoms with E-state index in [2.05, 4.69) is 53.1 Å². The van der Waals surface area contributed by atoms with E-state index < -0.39 is 18.1 Å². The van der Waals surface area contributed by atoms with Crippen LogP contribution in [-0.4, -0.2) is 22.3 Å². The SMILES string of the molecule is C[C@@H](CC/C=C/C(=O)NO)[C@H](OC(=O)Nc1ccc(Br)cc1)c1cc(Br)cc(Br)c1O. The lowest BCUT2D eigenvalue weighted by atomic mass is 9.92. The van der Waals surface area contributed by atoms with Crippen LogP contribution in [0.15, 0.2) is 62.0 Å². The molecule has 2 amide bonds. The van der Waals surface area contributed by atoms with Crippen molar-refractivity contribution in [2.75, 3.05) is 5.32 Å². The molecule has 0 heterocycles. The molecule has 0 aliphatic heterocycles. The molecule has 0 radical (unpaired) electrons. The summed E-state index contributed by atoms with van der Waals surface area (Å²) in [5, 5.41) is 21.8. The molecule has 2 aromatic rings. The first kappa shape index (κ1) is 25.4. The second-order valence-corrected chi connectivity index (χ2v) is 9.40. The monoisotopic (exact) mass is 618 g/mol. The van der Waals surface area contributed by atoms with Gasteiger partial charge in [-0.1, -0.05) is 44.9 Å². The smallest absolute Gasteiger partial charge is 0.412 e. The molecule has 0 fully saturated rings. The highest BCUT2D eigenvalue weighted by Gasteiger charge is 2.27. The van der Waals surface area contributed by atoms with E-state index in [-0.39, 0.29) is 11.7 Å².